The number of amides is 1. The molecule has 0 unspecified atom stereocenters. The predicted molar refractivity (Wildman–Crippen MR) is 126 cm³/mol. The van der Waals surface area contributed by atoms with Gasteiger partial charge in [0.25, 0.3) is 5.91 Å². The van der Waals surface area contributed by atoms with E-state index >= 15 is 0 Å². The van der Waals surface area contributed by atoms with Crippen LogP contribution >= 0.6 is 0 Å². The van der Waals surface area contributed by atoms with E-state index in [0.717, 1.165) is 41.0 Å². The van der Waals surface area contributed by atoms with E-state index in [1.807, 2.05) is 84.9 Å². The summed E-state index contributed by atoms with van der Waals surface area (Å²) in [4.78, 5) is 21.0. The fraction of sp³-hybridized carbons (Fsp3) is 0.115. The Hall–Kier alpha value is -4.19. The van der Waals surface area contributed by atoms with Crippen molar-refractivity contribution in [1.29, 1.82) is 0 Å². The van der Waals surface area contributed by atoms with Crippen LogP contribution in [0.1, 0.15) is 22.6 Å². The number of fused-ring (bicyclic) bond motifs is 1. The monoisotopic (exact) mass is 421 g/mol. The fourth-order valence-corrected chi connectivity index (χ4v) is 3.74. The SMILES string of the molecule is O=C(NCCCc1nc2ccccc2[nH]1)c1cn(-c2ccccc2)nc1-c1ccccc1. The van der Waals surface area contributed by atoms with Crippen molar-refractivity contribution in [3.63, 3.8) is 0 Å². The van der Waals surface area contributed by atoms with Gasteiger partial charge in [0.2, 0.25) is 0 Å². The van der Waals surface area contributed by atoms with E-state index in [4.69, 9.17) is 5.10 Å². The zero-order valence-electron chi connectivity index (χ0n) is 17.5. The number of carbonyl (C=O) groups excluding carboxylic acids is 1. The van der Waals surface area contributed by atoms with Gasteiger partial charge >= 0.3 is 0 Å². The van der Waals surface area contributed by atoms with Crippen LogP contribution in [-0.2, 0) is 6.42 Å². The van der Waals surface area contributed by atoms with E-state index in [-0.39, 0.29) is 5.91 Å². The number of imidazole rings is 1. The van der Waals surface area contributed by atoms with Gasteiger partial charge in [0.15, 0.2) is 0 Å². The normalized spacial score (nSPS) is 11.0. The Morgan fingerprint density at radius 3 is 2.41 bits per heavy atom. The second-order valence-corrected chi connectivity index (χ2v) is 7.60. The largest absolute Gasteiger partial charge is 0.352 e. The third-order valence-corrected chi connectivity index (χ3v) is 5.34. The standard InChI is InChI=1S/C26H23N5O/c32-26(27-17-9-16-24-28-22-14-7-8-15-23(22)29-24)21-18-31(20-12-5-2-6-13-20)30-25(21)19-10-3-1-4-11-19/h1-8,10-15,18H,9,16-17H2,(H,27,32)(H,28,29). The van der Waals surface area contributed by atoms with Gasteiger partial charge in [-0.1, -0.05) is 60.7 Å². The van der Waals surface area contributed by atoms with E-state index in [2.05, 4.69) is 15.3 Å². The first-order valence-electron chi connectivity index (χ1n) is 10.7. The molecule has 6 heteroatoms. The Kier molecular flexibility index (Phi) is 5.49. The van der Waals surface area contributed by atoms with Gasteiger partial charge in [0.1, 0.15) is 11.5 Å². The number of aryl methyl sites for hydroxylation is 1. The smallest absolute Gasteiger partial charge is 0.255 e. The van der Waals surface area contributed by atoms with Crippen molar-refractivity contribution >= 4 is 16.9 Å². The summed E-state index contributed by atoms with van der Waals surface area (Å²) in [6, 6.07) is 27.6. The van der Waals surface area contributed by atoms with Gasteiger partial charge in [-0.15, -0.1) is 0 Å². The van der Waals surface area contributed by atoms with E-state index < -0.39 is 0 Å². The zero-order valence-corrected chi connectivity index (χ0v) is 17.5. The van der Waals surface area contributed by atoms with Crippen LogP contribution in [0.4, 0.5) is 0 Å². The van der Waals surface area contributed by atoms with Gasteiger partial charge in [-0.2, -0.15) is 5.10 Å². The number of para-hydroxylation sites is 3. The molecule has 3 aromatic carbocycles. The minimum Gasteiger partial charge on any atom is -0.352 e. The van der Waals surface area contributed by atoms with Gasteiger partial charge < -0.3 is 10.3 Å². The molecule has 0 bridgehead atoms. The van der Waals surface area contributed by atoms with Crippen molar-refractivity contribution in [1.82, 2.24) is 25.1 Å². The molecule has 1 amide bonds. The van der Waals surface area contributed by atoms with Crippen LogP contribution in [0, 0.1) is 0 Å². The maximum Gasteiger partial charge on any atom is 0.255 e. The van der Waals surface area contributed by atoms with E-state index in [1.165, 1.54) is 0 Å². The first-order chi connectivity index (χ1) is 15.8. The summed E-state index contributed by atoms with van der Waals surface area (Å²) in [5, 5.41) is 7.76. The number of hydrogen-bond donors (Lipinski definition) is 2. The molecule has 0 spiro atoms. The summed E-state index contributed by atoms with van der Waals surface area (Å²) in [5.74, 6) is 0.804. The first-order valence-corrected chi connectivity index (χ1v) is 10.7. The number of aromatic nitrogens is 4. The lowest BCUT2D eigenvalue weighted by molar-refractivity contribution is 0.0954. The summed E-state index contributed by atoms with van der Waals surface area (Å²) in [6.45, 7) is 0.556. The summed E-state index contributed by atoms with van der Waals surface area (Å²) in [5.41, 5.74) is 5.05. The molecule has 2 heterocycles. The molecule has 32 heavy (non-hydrogen) atoms. The molecule has 158 valence electrons. The summed E-state index contributed by atoms with van der Waals surface area (Å²) >= 11 is 0. The van der Waals surface area contributed by atoms with Crippen LogP contribution in [0.15, 0.2) is 91.1 Å². The molecule has 0 atom stereocenters. The Morgan fingerprint density at radius 1 is 0.906 bits per heavy atom. The van der Waals surface area contributed by atoms with Crippen molar-refractivity contribution in [3.8, 4) is 16.9 Å². The lowest BCUT2D eigenvalue weighted by atomic mass is 10.1. The Bertz CT molecular complexity index is 1310. The average Bonchev–Trinajstić information content (AvgIpc) is 3.47. The molecule has 2 aromatic heterocycles. The average molecular weight is 422 g/mol. The lowest BCUT2D eigenvalue weighted by Gasteiger charge is -2.05. The van der Waals surface area contributed by atoms with Gasteiger partial charge in [-0.25, -0.2) is 9.67 Å². The number of H-pyrrole nitrogens is 1. The van der Waals surface area contributed by atoms with Crippen LogP contribution in [0.2, 0.25) is 0 Å². The van der Waals surface area contributed by atoms with Crippen molar-refractivity contribution in [3.05, 3.63) is 103 Å². The maximum absolute atomic E-state index is 13.0. The minimum absolute atomic E-state index is 0.129. The third-order valence-electron chi connectivity index (χ3n) is 5.34. The number of carbonyl (C=O) groups is 1. The minimum atomic E-state index is -0.129. The number of nitrogens with one attached hydrogen (secondary N) is 2. The quantitative estimate of drug-likeness (QED) is 0.372. The van der Waals surface area contributed by atoms with Crippen molar-refractivity contribution in [2.45, 2.75) is 12.8 Å². The predicted octanol–water partition coefficient (Wildman–Crippen LogP) is 4.78. The van der Waals surface area contributed by atoms with Crippen molar-refractivity contribution in [2.75, 3.05) is 6.54 Å². The molecule has 5 rings (SSSR count). The molecule has 0 aliphatic rings. The number of rotatable bonds is 7. The molecular weight excluding hydrogens is 398 g/mol. The van der Waals surface area contributed by atoms with Crippen LogP contribution < -0.4 is 5.32 Å². The molecular formula is C26H23N5O. The van der Waals surface area contributed by atoms with Crippen LogP contribution in [0.25, 0.3) is 28.0 Å². The molecule has 0 saturated carbocycles. The number of benzene rings is 3. The zero-order chi connectivity index (χ0) is 21.8. The van der Waals surface area contributed by atoms with Crippen LogP contribution in [-0.4, -0.2) is 32.2 Å². The van der Waals surface area contributed by atoms with Gasteiger partial charge in [0, 0.05) is 24.7 Å². The Morgan fingerprint density at radius 2 is 1.62 bits per heavy atom. The fourth-order valence-electron chi connectivity index (χ4n) is 3.74. The number of hydrogen-bond acceptors (Lipinski definition) is 3. The van der Waals surface area contributed by atoms with Crippen LogP contribution in [0.3, 0.4) is 0 Å². The van der Waals surface area contributed by atoms with Gasteiger partial charge in [0.05, 0.1) is 22.3 Å². The molecule has 5 aromatic rings. The number of aromatic amines is 1. The maximum atomic E-state index is 13.0. The highest BCUT2D eigenvalue weighted by Gasteiger charge is 2.18. The molecule has 0 aliphatic heterocycles. The topological polar surface area (TPSA) is 75.6 Å². The van der Waals surface area contributed by atoms with Crippen molar-refractivity contribution in [2.24, 2.45) is 0 Å². The van der Waals surface area contributed by atoms with E-state index in [1.54, 1.807) is 10.9 Å². The van der Waals surface area contributed by atoms with Crippen LogP contribution in [0.5, 0.6) is 0 Å². The second kappa shape index (κ2) is 8.89. The van der Waals surface area contributed by atoms with E-state index in [0.29, 0.717) is 17.8 Å². The molecule has 0 radical (unpaired) electrons. The summed E-state index contributed by atoms with van der Waals surface area (Å²) in [6.07, 6.45) is 3.36. The molecule has 2 N–H and O–H groups in total. The Labute approximate surface area is 185 Å². The lowest BCUT2D eigenvalue weighted by Crippen LogP contribution is -2.25. The van der Waals surface area contributed by atoms with Crippen molar-refractivity contribution < 1.29 is 4.79 Å². The van der Waals surface area contributed by atoms with E-state index in [9.17, 15) is 4.79 Å². The first kappa shape index (κ1) is 19.8. The summed E-state index contributed by atoms with van der Waals surface area (Å²) in [7, 11) is 0. The number of nitrogens with zero attached hydrogens (tertiary/aromatic N) is 3. The summed E-state index contributed by atoms with van der Waals surface area (Å²) < 4.78 is 1.76. The van der Waals surface area contributed by atoms with Gasteiger partial charge in [-0.3, -0.25) is 4.79 Å². The third kappa shape index (κ3) is 4.16. The highest BCUT2D eigenvalue weighted by atomic mass is 16.1. The Balaban J connectivity index is 1.30. The molecule has 0 fully saturated rings. The van der Waals surface area contributed by atoms with Gasteiger partial charge in [-0.05, 0) is 30.7 Å². The second-order valence-electron chi connectivity index (χ2n) is 7.60. The molecule has 0 aliphatic carbocycles. The molecule has 0 saturated heterocycles. The molecule has 6 nitrogen and oxygen atoms in total. The highest BCUT2D eigenvalue weighted by Crippen LogP contribution is 2.23. The highest BCUT2D eigenvalue weighted by molar-refractivity contribution is 5.99.